The molecule has 0 saturated carbocycles. The van der Waals surface area contributed by atoms with Crippen LogP contribution in [0.4, 0.5) is 0 Å². The standard InChI is InChI=1S/C9H7ClN2OS2/c1-6-9(14-12-11-6)15(13)8-5-3-2-4-7(8)10/h2-5H,1H3/t15-/m0/s1. The monoisotopic (exact) mass is 258 g/mol. The summed E-state index contributed by atoms with van der Waals surface area (Å²) in [6, 6.07) is 7.08. The molecule has 1 heterocycles. The Bertz CT molecular complexity index is 512. The first kappa shape index (κ1) is 10.7. The molecule has 0 fully saturated rings. The van der Waals surface area contributed by atoms with E-state index in [1.807, 2.05) is 6.07 Å². The average Bonchev–Trinajstić information content (AvgIpc) is 2.64. The van der Waals surface area contributed by atoms with Crippen LogP contribution in [0.25, 0.3) is 0 Å². The van der Waals surface area contributed by atoms with Crippen molar-refractivity contribution in [1.82, 2.24) is 9.59 Å². The van der Waals surface area contributed by atoms with Crippen LogP contribution in [0, 0.1) is 6.92 Å². The lowest BCUT2D eigenvalue weighted by Gasteiger charge is -2.01. The van der Waals surface area contributed by atoms with Gasteiger partial charge in [-0.15, -0.1) is 5.10 Å². The summed E-state index contributed by atoms with van der Waals surface area (Å²) in [5, 5.41) is 4.33. The minimum absolute atomic E-state index is 0.503. The third kappa shape index (κ3) is 2.09. The summed E-state index contributed by atoms with van der Waals surface area (Å²) in [6.07, 6.45) is 0. The molecule has 0 aliphatic rings. The van der Waals surface area contributed by atoms with E-state index in [0.29, 0.717) is 19.8 Å². The van der Waals surface area contributed by atoms with E-state index in [4.69, 9.17) is 11.6 Å². The van der Waals surface area contributed by atoms with Crippen molar-refractivity contribution in [2.75, 3.05) is 0 Å². The molecule has 2 aromatic rings. The zero-order valence-corrected chi connectivity index (χ0v) is 10.2. The van der Waals surface area contributed by atoms with Gasteiger partial charge >= 0.3 is 0 Å². The van der Waals surface area contributed by atoms with Crippen LogP contribution in [0.2, 0.25) is 5.02 Å². The summed E-state index contributed by atoms with van der Waals surface area (Å²) >= 11 is 7.10. The predicted octanol–water partition coefficient (Wildman–Crippen LogP) is 2.67. The molecular weight excluding hydrogens is 252 g/mol. The highest BCUT2D eigenvalue weighted by atomic mass is 35.5. The van der Waals surface area contributed by atoms with Crippen LogP contribution >= 0.6 is 23.1 Å². The van der Waals surface area contributed by atoms with Crippen LogP contribution in [0.1, 0.15) is 5.69 Å². The van der Waals surface area contributed by atoms with Gasteiger partial charge in [0.15, 0.2) is 0 Å². The van der Waals surface area contributed by atoms with Crippen LogP contribution in [-0.4, -0.2) is 13.8 Å². The molecule has 15 heavy (non-hydrogen) atoms. The molecule has 0 unspecified atom stereocenters. The molecule has 0 bridgehead atoms. The Morgan fingerprint density at radius 1 is 1.40 bits per heavy atom. The van der Waals surface area contributed by atoms with Gasteiger partial charge < -0.3 is 0 Å². The molecule has 1 aromatic carbocycles. The summed E-state index contributed by atoms with van der Waals surface area (Å²) in [5.41, 5.74) is 0.693. The van der Waals surface area contributed by atoms with Crippen molar-refractivity contribution in [1.29, 1.82) is 0 Å². The zero-order valence-electron chi connectivity index (χ0n) is 7.81. The smallest absolute Gasteiger partial charge is 0.140 e. The molecule has 0 N–H and O–H groups in total. The minimum Gasteiger partial charge on any atom is -0.248 e. The maximum absolute atomic E-state index is 12.1. The molecule has 0 spiro atoms. The van der Waals surface area contributed by atoms with E-state index < -0.39 is 10.8 Å². The van der Waals surface area contributed by atoms with Crippen molar-refractivity contribution >= 4 is 33.9 Å². The SMILES string of the molecule is Cc1nnsc1[S@@](=O)c1ccccc1Cl. The van der Waals surface area contributed by atoms with Gasteiger partial charge in [0.2, 0.25) is 0 Å². The van der Waals surface area contributed by atoms with Gasteiger partial charge in [-0.25, -0.2) is 4.21 Å². The Morgan fingerprint density at radius 3 is 2.73 bits per heavy atom. The molecule has 0 saturated heterocycles. The van der Waals surface area contributed by atoms with E-state index >= 15 is 0 Å². The molecule has 2 rings (SSSR count). The number of rotatable bonds is 2. The molecule has 0 aliphatic heterocycles. The normalized spacial score (nSPS) is 12.7. The number of nitrogens with zero attached hydrogens (tertiary/aromatic N) is 2. The second-order valence-electron chi connectivity index (χ2n) is 2.84. The van der Waals surface area contributed by atoms with Crippen molar-refractivity contribution in [2.24, 2.45) is 0 Å². The second-order valence-corrected chi connectivity index (χ2v) is 5.65. The van der Waals surface area contributed by atoms with Crippen LogP contribution in [0.3, 0.4) is 0 Å². The molecule has 78 valence electrons. The van der Waals surface area contributed by atoms with Crippen molar-refractivity contribution in [3.8, 4) is 0 Å². The average molecular weight is 259 g/mol. The Kier molecular flexibility index (Phi) is 3.14. The highest BCUT2D eigenvalue weighted by molar-refractivity contribution is 7.87. The van der Waals surface area contributed by atoms with E-state index in [1.165, 1.54) is 0 Å². The fourth-order valence-corrected chi connectivity index (χ4v) is 3.44. The number of hydrogen-bond acceptors (Lipinski definition) is 4. The van der Waals surface area contributed by atoms with E-state index in [-0.39, 0.29) is 0 Å². The largest absolute Gasteiger partial charge is 0.248 e. The highest BCUT2D eigenvalue weighted by Crippen LogP contribution is 2.26. The van der Waals surface area contributed by atoms with Gasteiger partial charge in [0.05, 0.1) is 15.6 Å². The van der Waals surface area contributed by atoms with Crippen molar-refractivity contribution < 1.29 is 4.21 Å². The molecular formula is C9H7ClN2OS2. The van der Waals surface area contributed by atoms with Crippen molar-refractivity contribution in [3.63, 3.8) is 0 Å². The summed E-state index contributed by atoms with van der Waals surface area (Å²) < 4.78 is 16.5. The minimum atomic E-state index is -1.28. The summed E-state index contributed by atoms with van der Waals surface area (Å²) in [4.78, 5) is 0.605. The van der Waals surface area contributed by atoms with Gasteiger partial charge in [-0.1, -0.05) is 28.2 Å². The number of hydrogen-bond donors (Lipinski definition) is 0. The summed E-state index contributed by atoms with van der Waals surface area (Å²) in [6.45, 7) is 1.79. The van der Waals surface area contributed by atoms with Crippen molar-refractivity contribution in [3.05, 3.63) is 35.0 Å². The molecule has 1 aromatic heterocycles. The number of aryl methyl sites for hydroxylation is 1. The van der Waals surface area contributed by atoms with E-state index in [9.17, 15) is 4.21 Å². The van der Waals surface area contributed by atoms with E-state index in [0.717, 1.165) is 11.5 Å². The van der Waals surface area contributed by atoms with Crippen LogP contribution in [0.5, 0.6) is 0 Å². The zero-order chi connectivity index (χ0) is 10.8. The number of halogens is 1. The van der Waals surface area contributed by atoms with Gasteiger partial charge in [-0.05, 0) is 30.6 Å². The van der Waals surface area contributed by atoms with E-state index in [2.05, 4.69) is 9.59 Å². The van der Waals surface area contributed by atoms with Crippen LogP contribution in [-0.2, 0) is 10.8 Å². The fourth-order valence-electron chi connectivity index (χ4n) is 1.09. The summed E-state index contributed by atoms with van der Waals surface area (Å²) in [5.74, 6) is 0. The Balaban J connectivity index is 2.46. The molecule has 0 radical (unpaired) electrons. The van der Waals surface area contributed by atoms with Gasteiger partial charge in [0, 0.05) is 0 Å². The Morgan fingerprint density at radius 2 is 2.13 bits per heavy atom. The number of aromatic nitrogens is 2. The lowest BCUT2D eigenvalue weighted by Crippen LogP contribution is -1.93. The fraction of sp³-hybridized carbons (Fsp3) is 0.111. The van der Waals surface area contributed by atoms with Crippen LogP contribution in [0.15, 0.2) is 33.4 Å². The third-order valence-corrected chi connectivity index (χ3v) is 4.95. The highest BCUT2D eigenvalue weighted by Gasteiger charge is 2.15. The molecule has 1 atom stereocenters. The third-order valence-electron chi connectivity index (χ3n) is 1.81. The van der Waals surface area contributed by atoms with Gasteiger partial charge in [0.1, 0.15) is 15.0 Å². The Hall–Kier alpha value is -0.780. The molecule has 6 heteroatoms. The van der Waals surface area contributed by atoms with E-state index in [1.54, 1.807) is 25.1 Å². The topological polar surface area (TPSA) is 42.9 Å². The first-order valence-electron chi connectivity index (χ1n) is 4.15. The predicted molar refractivity (Wildman–Crippen MR) is 60.8 cm³/mol. The van der Waals surface area contributed by atoms with Gasteiger partial charge in [0.25, 0.3) is 0 Å². The second kappa shape index (κ2) is 4.38. The maximum atomic E-state index is 12.1. The number of benzene rings is 1. The van der Waals surface area contributed by atoms with Crippen LogP contribution < -0.4 is 0 Å². The molecule has 0 amide bonds. The molecule has 3 nitrogen and oxygen atoms in total. The lowest BCUT2D eigenvalue weighted by molar-refractivity contribution is 0.684. The van der Waals surface area contributed by atoms with Gasteiger partial charge in [-0.3, -0.25) is 0 Å². The first-order chi connectivity index (χ1) is 7.20. The quantitative estimate of drug-likeness (QED) is 0.832. The summed E-state index contributed by atoms with van der Waals surface area (Å²) in [7, 11) is -1.28. The van der Waals surface area contributed by atoms with Crippen molar-refractivity contribution in [2.45, 2.75) is 16.0 Å². The molecule has 0 aliphatic carbocycles. The lowest BCUT2D eigenvalue weighted by atomic mass is 10.4. The first-order valence-corrected chi connectivity index (χ1v) is 6.45. The maximum Gasteiger partial charge on any atom is 0.140 e. The van der Waals surface area contributed by atoms with Gasteiger partial charge in [-0.2, -0.15) is 0 Å². The Labute approximate surface area is 98.7 Å².